The lowest BCUT2D eigenvalue weighted by atomic mass is 9.82. The van der Waals surface area contributed by atoms with Crippen molar-refractivity contribution in [3.05, 3.63) is 29.3 Å². The Kier molecular flexibility index (Phi) is 4.83. The number of carboxylic acids is 1. The lowest BCUT2D eigenvalue weighted by molar-refractivity contribution is -0.138. The fourth-order valence-corrected chi connectivity index (χ4v) is 3.39. The molecule has 0 saturated carbocycles. The van der Waals surface area contributed by atoms with Gasteiger partial charge in [-0.1, -0.05) is 0 Å². The van der Waals surface area contributed by atoms with Gasteiger partial charge >= 0.3 is 5.97 Å². The van der Waals surface area contributed by atoms with Gasteiger partial charge in [0.2, 0.25) is 11.8 Å². The zero-order valence-corrected chi connectivity index (χ0v) is 13.9. The molecule has 2 atom stereocenters. The summed E-state index contributed by atoms with van der Waals surface area (Å²) in [5.41, 5.74) is 1.15. The molecule has 0 aromatic heterocycles. The number of nitrogens with one attached hydrogen (secondary N) is 2. The Labute approximate surface area is 149 Å². The smallest absolute Gasteiger partial charge is 0.303 e. The normalized spacial score (nSPS) is 22.2. The molecule has 0 bridgehead atoms. The maximum absolute atomic E-state index is 12.7. The molecule has 1 saturated heterocycles. The molecule has 136 valence electrons. The second kappa shape index (κ2) is 7.07. The molecule has 1 aliphatic heterocycles. The van der Waals surface area contributed by atoms with Crippen molar-refractivity contribution in [1.29, 1.82) is 0 Å². The fraction of sp³-hybridized carbons (Fsp3) is 0.389. The number of carbonyl (C=O) groups excluding carboxylic acids is 4. The van der Waals surface area contributed by atoms with Crippen LogP contribution in [0.2, 0.25) is 0 Å². The van der Waals surface area contributed by atoms with Crippen molar-refractivity contribution in [2.45, 2.75) is 25.7 Å². The number of hydrogen-bond acceptors (Lipinski definition) is 6. The largest absolute Gasteiger partial charge is 0.481 e. The third-order valence-electron chi connectivity index (χ3n) is 4.70. The molecule has 1 aromatic carbocycles. The van der Waals surface area contributed by atoms with E-state index in [4.69, 9.17) is 5.11 Å². The first-order valence-corrected chi connectivity index (χ1v) is 8.40. The van der Waals surface area contributed by atoms with Gasteiger partial charge in [0.1, 0.15) is 0 Å². The molecular formula is C18H18N2O6. The number of rotatable bonds is 6. The number of piperidine rings is 1. The van der Waals surface area contributed by atoms with E-state index < -0.39 is 41.2 Å². The highest BCUT2D eigenvalue weighted by Gasteiger charge is 2.47. The van der Waals surface area contributed by atoms with E-state index in [1.54, 1.807) is 18.2 Å². The van der Waals surface area contributed by atoms with Gasteiger partial charge < -0.3 is 10.4 Å². The molecule has 3 N–H and O–H groups in total. The van der Waals surface area contributed by atoms with Crippen LogP contribution in [0.25, 0.3) is 0 Å². The summed E-state index contributed by atoms with van der Waals surface area (Å²) in [4.78, 5) is 59.1. The number of hydrogen-bond donors (Lipinski definition) is 3. The quantitative estimate of drug-likeness (QED) is 0.393. The number of carbonyl (C=O) groups is 5. The van der Waals surface area contributed by atoms with Crippen LogP contribution >= 0.6 is 0 Å². The summed E-state index contributed by atoms with van der Waals surface area (Å²) in [5, 5.41) is 13.8. The highest BCUT2D eigenvalue weighted by molar-refractivity contribution is 6.28. The zero-order valence-electron chi connectivity index (χ0n) is 13.9. The highest BCUT2D eigenvalue weighted by Crippen LogP contribution is 2.36. The van der Waals surface area contributed by atoms with Gasteiger partial charge in [-0.15, -0.1) is 0 Å². The summed E-state index contributed by atoms with van der Waals surface area (Å²) in [6, 6.07) is 4.75. The van der Waals surface area contributed by atoms with Crippen molar-refractivity contribution in [3.63, 3.8) is 0 Å². The average Bonchev–Trinajstić information content (AvgIpc) is 2.83. The molecule has 8 nitrogen and oxygen atoms in total. The standard InChI is InChI=1S/C18H18N2O6/c21-13-6-5-11(18(26)20-13)15-16(24)10-4-3-9(8-12(10)17(15)25)19-7-1-2-14(22)23/h3-4,8,11,15,19H,1-2,5-7H2,(H,22,23)(H,20,21,26). The molecule has 0 spiro atoms. The first-order valence-electron chi connectivity index (χ1n) is 8.40. The van der Waals surface area contributed by atoms with Gasteiger partial charge in [-0.3, -0.25) is 29.3 Å². The van der Waals surface area contributed by atoms with Gasteiger partial charge in [0.05, 0.1) is 11.8 Å². The van der Waals surface area contributed by atoms with Gasteiger partial charge in [-0.25, -0.2) is 0 Å². The van der Waals surface area contributed by atoms with Crippen LogP contribution in [-0.2, 0) is 14.4 Å². The monoisotopic (exact) mass is 358 g/mol. The molecule has 1 heterocycles. The van der Waals surface area contributed by atoms with Crippen molar-refractivity contribution in [1.82, 2.24) is 5.32 Å². The lowest BCUT2D eigenvalue weighted by Crippen LogP contribution is -2.46. The Morgan fingerprint density at radius 3 is 2.58 bits per heavy atom. The van der Waals surface area contributed by atoms with Gasteiger partial charge in [0.15, 0.2) is 11.6 Å². The highest BCUT2D eigenvalue weighted by atomic mass is 16.4. The van der Waals surface area contributed by atoms with E-state index in [0.29, 0.717) is 18.7 Å². The summed E-state index contributed by atoms with van der Waals surface area (Å²) < 4.78 is 0. The molecule has 2 aliphatic rings. The molecule has 26 heavy (non-hydrogen) atoms. The van der Waals surface area contributed by atoms with Crippen LogP contribution in [0.5, 0.6) is 0 Å². The maximum Gasteiger partial charge on any atom is 0.303 e. The van der Waals surface area contributed by atoms with Crippen molar-refractivity contribution >= 4 is 35.0 Å². The maximum atomic E-state index is 12.7. The lowest BCUT2D eigenvalue weighted by Gasteiger charge is -2.23. The minimum Gasteiger partial charge on any atom is -0.481 e. The van der Waals surface area contributed by atoms with Crippen LogP contribution in [0.15, 0.2) is 18.2 Å². The number of amides is 2. The number of fused-ring (bicyclic) bond motifs is 1. The van der Waals surface area contributed by atoms with E-state index >= 15 is 0 Å². The van der Waals surface area contributed by atoms with Crippen molar-refractivity contribution in [2.75, 3.05) is 11.9 Å². The van der Waals surface area contributed by atoms with E-state index in [1.165, 1.54) is 0 Å². The molecule has 8 heteroatoms. The minimum absolute atomic E-state index is 0.0347. The molecule has 2 amide bonds. The summed E-state index contributed by atoms with van der Waals surface area (Å²) in [6.07, 6.45) is 0.756. The van der Waals surface area contributed by atoms with E-state index in [2.05, 4.69) is 10.6 Å². The summed E-state index contributed by atoms with van der Waals surface area (Å²) in [5.74, 6) is -4.56. The van der Waals surface area contributed by atoms with Gasteiger partial charge in [-0.05, 0) is 31.0 Å². The molecule has 1 fully saturated rings. The first-order chi connectivity index (χ1) is 12.4. The van der Waals surface area contributed by atoms with E-state index in [-0.39, 0.29) is 30.4 Å². The van der Waals surface area contributed by atoms with E-state index in [1.807, 2.05) is 0 Å². The Morgan fingerprint density at radius 1 is 1.15 bits per heavy atom. The Hall–Kier alpha value is -3.03. The Bertz CT molecular complexity index is 816. The average molecular weight is 358 g/mol. The number of ketones is 2. The number of benzene rings is 1. The number of Topliss-reactive ketones (excluding diaryl/α,β-unsaturated/α-hetero) is 2. The third-order valence-corrected chi connectivity index (χ3v) is 4.70. The van der Waals surface area contributed by atoms with Crippen molar-refractivity contribution < 1.29 is 29.1 Å². The van der Waals surface area contributed by atoms with E-state index in [9.17, 15) is 24.0 Å². The van der Waals surface area contributed by atoms with E-state index in [0.717, 1.165) is 0 Å². The SMILES string of the molecule is O=C(O)CCCNc1ccc2c(c1)C(=O)C(C1CCC(=O)NC1=O)C2=O. The summed E-state index contributed by atoms with van der Waals surface area (Å²) >= 11 is 0. The van der Waals surface area contributed by atoms with Crippen LogP contribution in [0.1, 0.15) is 46.4 Å². The predicted octanol–water partition coefficient (Wildman–Crippen LogP) is 1.01. The Morgan fingerprint density at radius 2 is 1.88 bits per heavy atom. The van der Waals surface area contributed by atoms with Crippen molar-refractivity contribution in [2.24, 2.45) is 11.8 Å². The molecular weight excluding hydrogens is 340 g/mol. The minimum atomic E-state index is -1.08. The molecule has 1 aliphatic carbocycles. The zero-order chi connectivity index (χ0) is 18.8. The number of carboxylic acid groups (broad SMARTS) is 1. The van der Waals surface area contributed by atoms with Gasteiger partial charge in [0, 0.05) is 36.2 Å². The predicted molar refractivity (Wildman–Crippen MR) is 89.8 cm³/mol. The number of aliphatic carboxylic acids is 1. The van der Waals surface area contributed by atoms with Crippen LogP contribution in [-0.4, -0.2) is 41.0 Å². The topological polar surface area (TPSA) is 130 Å². The van der Waals surface area contributed by atoms with Gasteiger partial charge in [0.25, 0.3) is 0 Å². The summed E-state index contributed by atoms with van der Waals surface area (Å²) in [6.45, 7) is 0.420. The number of anilines is 1. The first kappa shape index (κ1) is 17.8. The second-order valence-electron chi connectivity index (χ2n) is 6.45. The summed E-state index contributed by atoms with van der Waals surface area (Å²) in [7, 11) is 0. The molecule has 1 aromatic rings. The Balaban J connectivity index is 1.74. The third kappa shape index (κ3) is 3.35. The molecule has 3 rings (SSSR count). The van der Waals surface area contributed by atoms with Crippen LogP contribution in [0.4, 0.5) is 5.69 Å². The number of imide groups is 1. The molecule has 2 unspecified atom stereocenters. The van der Waals surface area contributed by atoms with Crippen LogP contribution < -0.4 is 10.6 Å². The van der Waals surface area contributed by atoms with Crippen molar-refractivity contribution in [3.8, 4) is 0 Å². The molecule has 0 radical (unpaired) electrons. The van der Waals surface area contributed by atoms with Gasteiger partial charge in [-0.2, -0.15) is 0 Å². The van der Waals surface area contributed by atoms with Crippen LogP contribution in [0, 0.1) is 11.8 Å². The second-order valence-corrected chi connectivity index (χ2v) is 6.45. The van der Waals surface area contributed by atoms with Crippen LogP contribution in [0.3, 0.4) is 0 Å². The fourth-order valence-electron chi connectivity index (χ4n) is 3.39.